The van der Waals surface area contributed by atoms with E-state index in [0.29, 0.717) is 18.2 Å². The molecule has 0 bridgehead atoms. The van der Waals surface area contributed by atoms with Crippen LogP contribution in [-0.2, 0) is 17.6 Å². The van der Waals surface area contributed by atoms with Gasteiger partial charge in [0.15, 0.2) is 5.13 Å². The second-order valence-corrected chi connectivity index (χ2v) is 8.41. The predicted octanol–water partition coefficient (Wildman–Crippen LogP) is 4.08. The number of hydrogen-bond acceptors (Lipinski definition) is 5. The fourth-order valence-corrected chi connectivity index (χ4v) is 3.51. The minimum absolute atomic E-state index is 0.113. The van der Waals surface area contributed by atoms with Gasteiger partial charge in [-0.05, 0) is 51.3 Å². The molecule has 0 radical (unpaired) electrons. The Kier molecular flexibility index (Phi) is 7.39. The van der Waals surface area contributed by atoms with Crippen molar-refractivity contribution in [2.75, 3.05) is 23.7 Å². The second-order valence-electron chi connectivity index (χ2n) is 7.55. The van der Waals surface area contributed by atoms with Crippen LogP contribution in [0.2, 0.25) is 0 Å². The largest absolute Gasteiger partial charge is 0.465 e. The first kappa shape index (κ1) is 21.7. The maximum absolute atomic E-state index is 11.3. The van der Waals surface area contributed by atoms with Crippen molar-refractivity contribution in [1.29, 1.82) is 0 Å². The molecule has 1 aromatic heterocycles. The van der Waals surface area contributed by atoms with E-state index in [4.69, 9.17) is 0 Å². The van der Waals surface area contributed by atoms with Gasteiger partial charge in [0.2, 0.25) is 5.91 Å². The van der Waals surface area contributed by atoms with E-state index in [1.165, 1.54) is 28.7 Å². The Labute approximate surface area is 169 Å². The summed E-state index contributed by atoms with van der Waals surface area (Å²) in [6, 6.07) is 8.12. The fraction of sp³-hybridized carbons (Fsp3) is 0.450. The number of anilines is 2. The number of thiazole rings is 1. The summed E-state index contributed by atoms with van der Waals surface area (Å²) in [6.07, 6.45) is 0.760. The summed E-state index contributed by atoms with van der Waals surface area (Å²) in [5.74, 6) is -0.113. The first-order valence-electron chi connectivity index (χ1n) is 9.20. The third-order valence-corrected chi connectivity index (χ3v) is 4.97. The molecular weight excluding hydrogens is 376 g/mol. The molecule has 0 saturated carbocycles. The zero-order valence-electron chi connectivity index (χ0n) is 16.8. The van der Waals surface area contributed by atoms with Crippen molar-refractivity contribution >= 4 is 34.2 Å². The molecule has 2 aromatic rings. The average molecular weight is 405 g/mol. The first-order chi connectivity index (χ1) is 13.1. The second kappa shape index (κ2) is 9.54. The molecule has 2 rings (SSSR count). The van der Waals surface area contributed by atoms with Crippen LogP contribution in [0.4, 0.5) is 15.6 Å². The van der Waals surface area contributed by atoms with Gasteiger partial charge in [0.05, 0.1) is 5.69 Å². The minimum Gasteiger partial charge on any atom is -0.465 e. The lowest BCUT2D eigenvalue weighted by Crippen LogP contribution is -2.47. The molecule has 0 fully saturated rings. The van der Waals surface area contributed by atoms with Crippen molar-refractivity contribution < 1.29 is 14.7 Å². The maximum atomic E-state index is 11.3. The predicted molar refractivity (Wildman–Crippen MR) is 113 cm³/mol. The van der Waals surface area contributed by atoms with E-state index in [1.54, 1.807) is 0 Å². The van der Waals surface area contributed by atoms with E-state index in [1.807, 2.05) is 38.3 Å². The number of nitrogens with one attached hydrogen (secondary N) is 2. The summed E-state index contributed by atoms with van der Waals surface area (Å²) in [7, 11) is 0. The number of hydrogen-bond donors (Lipinski definition) is 3. The number of amides is 2. The molecule has 0 aliphatic heterocycles. The molecule has 0 spiro atoms. The number of carbonyl (C=O) groups excluding carboxylic acids is 1. The number of benzene rings is 1. The lowest BCUT2D eigenvalue weighted by Gasteiger charge is -2.33. The van der Waals surface area contributed by atoms with Crippen LogP contribution in [0.15, 0.2) is 29.6 Å². The van der Waals surface area contributed by atoms with Gasteiger partial charge in [-0.15, -0.1) is 11.3 Å². The minimum atomic E-state index is -0.909. The van der Waals surface area contributed by atoms with Crippen LogP contribution in [0.3, 0.4) is 0 Å². The Morgan fingerprint density at radius 2 is 1.86 bits per heavy atom. The highest BCUT2D eigenvalue weighted by Gasteiger charge is 2.25. The highest BCUT2D eigenvalue weighted by Crippen LogP contribution is 2.18. The lowest BCUT2D eigenvalue weighted by molar-refractivity contribution is -0.114. The Balaban J connectivity index is 1.80. The monoisotopic (exact) mass is 404 g/mol. The Morgan fingerprint density at radius 3 is 2.43 bits per heavy atom. The molecule has 0 atom stereocenters. The van der Waals surface area contributed by atoms with Crippen molar-refractivity contribution in [1.82, 2.24) is 9.88 Å². The van der Waals surface area contributed by atoms with Crippen molar-refractivity contribution in [2.24, 2.45) is 0 Å². The topological polar surface area (TPSA) is 94.6 Å². The number of carbonyl (C=O) groups is 2. The molecule has 3 N–H and O–H groups in total. The van der Waals surface area contributed by atoms with Gasteiger partial charge in [-0.3, -0.25) is 4.79 Å². The van der Waals surface area contributed by atoms with Gasteiger partial charge in [-0.2, -0.15) is 0 Å². The van der Waals surface area contributed by atoms with E-state index < -0.39 is 11.6 Å². The zero-order valence-corrected chi connectivity index (χ0v) is 17.6. The summed E-state index contributed by atoms with van der Waals surface area (Å²) in [5, 5.41) is 17.9. The average Bonchev–Trinajstić information content (AvgIpc) is 3.03. The van der Waals surface area contributed by atoms with Crippen LogP contribution in [-0.4, -0.2) is 45.6 Å². The molecule has 2 amide bonds. The molecule has 1 heterocycles. The summed E-state index contributed by atoms with van der Waals surface area (Å²) >= 11 is 1.43. The lowest BCUT2D eigenvalue weighted by atomic mass is 10.1. The van der Waals surface area contributed by atoms with Crippen molar-refractivity contribution in [3.05, 3.63) is 40.9 Å². The van der Waals surface area contributed by atoms with Gasteiger partial charge < -0.3 is 20.6 Å². The van der Waals surface area contributed by atoms with E-state index in [2.05, 4.69) is 27.8 Å². The van der Waals surface area contributed by atoms with E-state index >= 15 is 0 Å². The highest BCUT2D eigenvalue weighted by atomic mass is 32.1. The van der Waals surface area contributed by atoms with Gasteiger partial charge in [-0.25, -0.2) is 9.78 Å². The molecule has 0 saturated heterocycles. The molecule has 7 nitrogen and oxygen atoms in total. The number of aromatic nitrogens is 1. The van der Waals surface area contributed by atoms with Gasteiger partial charge in [0.25, 0.3) is 0 Å². The van der Waals surface area contributed by atoms with Crippen molar-refractivity contribution in [2.45, 2.75) is 46.1 Å². The Bertz CT molecular complexity index is 797. The molecule has 1 aromatic carbocycles. The van der Waals surface area contributed by atoms with Gasteiger partial charge >= 0.3 is 6.09 Å². The van der Waals surface area contributed by atoms with Gasteiger partial charge in [0, 0.05) is 36.6 Å². The molecule has 28 heavy (non-hydrogen) atoms. The number of rotatable bonds is 8. The molecule has 0 aliphatic carbocycles. The maximum Gasteiger partial charge on any atom is 0.407 e. The van der Waals surface area contributed by atoms with E-state index in [-0.39, 0.29) is 5.91 Å². The first-order valence-corrected chi connectivity index (χ1v) is 10.1. The number of carboxylic acid groups (broad SMARTS) is 1. The number of nitrogens with zero attached hydrogens (tertiary/aromatic N) is 2. The number of aryl methyl sites for hydroxylation is 2. The SMILES string of the molecule is CC(=O)Nc1nc(CCc2ccc(NCCN(C(=O)O)C(C)(C)C)cc2)cs1. The molecule has 0 unspecified atom stereocenters. The Hall–Kier alpha value is -2.61. The van der Waals surface area contributed by atoms with Crippen molar-refractivity contribution in [3.63, 3.8) is 0 Å². The highest BCUT2D eigenvalue weighted by molar-refractivity contribution is 7.13. The van der Waals surface area contributed by atoms with Crippen LogP contribution in [0.25, 0.3) is 0 Å². The van der Waals surface area contributed by atoms with Crippen LogP contribution in [0.5, 0.6) is 0 Å². The summed E-state index contributed by atoms with van der Waals surface area (Å²) in [5.41, 5.74) is 2.70. The third-order valence-electron chi connectivity index (χ3n) is 4.16. The summed E-state index contributed by atoms with van der Waals surface area (Å²) in [6.45, 7) is 8.10. The van der Waals surface area contributed by atoms with E-state index in [0.717, 1.165) is 24.2 Å². The van der Waals surface area contributed by atoms with Crippen LogP contribution in [0, 0.1) is 0 Å². The Morgan fingerprint density at radius 1 is 1.18 bits per heavy atom. The molecule has 8 heteroatoms. The smallest absolute Gasteiger partial charge is 0.407 e. The van der Waals surface area contributed by atoms with E-state index in [9.17, 15) is 14.7 Å². The van der Waals surface area contributed by atoms with Gasteiger partial charge in [0.1, 0.15) is 0 Å². The summed E-state index contributed by atoms with van der Waals surface area (Å²) in [4.78, 5) is 28.2. The molecule has 152 valence electrons. The summed E-state index contributed by atoms with van der Waals surface area (Å²) < 4.78 is 0. The van der Waals surface area contributed by atoms with Crippen LogP contribution >= 0.6 is 11.3 Å². The van der Waals surface area contributed by atoms with Gasteiger partial charge in [-0.1, -0.05) is 12.1 Å². The fourth-order valence-electron chi connectivity index (χ4n) is 2.72. The molecular formula is C20H28N4O3S. The standard InChI is InChI=1S/C20H28N4O3S/c1-14(25)22-18-23-17(13-28-18)10-7-15-5-8-16(9-6-15)21-11-12-24(19(26)27)20(2,3)4/h5-6,8-9,13,21H,7,10-12H2,1-4H3,(H,26,27)(H,22,23,25). The zero-order chi connectivity index (χ0) is 20.7. The van der Waals surface area contributed by atoms with Crippen LogP contribution in [0.1, 0.15) is 39.0 Å². The third kappa shape index (κ3) is 6.84. The normalized spacial score (nSPS) is 11.1. The van der Waals surface area contributed by atoms with Crippen LogP contribution < -0.4 is 10.6 Å². The molecule has 0 aliphatic rings. The van der Waals surface area contributed by atoms with Crippen molar-refractivity contribution in [3.8, 4) is 0 Å². The quantitative estimate of drug-likeness (QED) is 0.616.